The van der Waals surface area contributed by atoms with Gasteiger partial charge in [-0.1, -0.05) is 49.8 Å². The Morgan fingerprint density at radius 3 is 2.20 bits per heavy atom. The van der Waals surface area contributed by atoms with Crippen LogP contribution < -0.4 is 0 Å². The maximum Gasteiger partial charge on any atom is 0.433 e. The van der Waals surface area contributed by atoms with Crippen molar-refractivity contribution in [1.29, 1.82) is 0 Å². The molecule has 0 amide bonds. The van der Waals surface area contributed by atoms with E-state index in [1.54, 1.807) is 0 Å². The molecule has 1 rings (SSSR count). The number of halogens is 3. The predicted molar refractivity (Wildman–Crippen MR) is 77.0 cm³/mol. The summed E-state index contributed by atoms with van der Waals surface area (Å²) in [5.74, 6) is -0.0324. The zero-order chi connectivity index (χ0) is 15.3. The molecule has 1 atom stereocenters. The molecular formula is C16H20F3N. The first kappa shape index (κ1) is 16.5. The second-order valence-corrected chi connectivity index (χ2v) is 4.84. The van der Waals surface area contributed by atoms with Crippen LogP contribution in [-0.4, -0.2) is 11.9 Å². The van der Waals surface area contributed by atoms with E-state index in [1.807, 2.05) is 45.0 Å². The number of aryl methyl sites for hydroxylation is 1. The van der Waals surface area contributed by atoms with Gasteiger partial charge in [-0.15, -0.1) is 0 Å². The molecule has 1 aromatic rings. The Morgan fingerprint density at radius 2 is 1.80 bits per heavy atom. The van der Waals surface area contributed by atoms with Crippen LogP contribution in [0.3, 0.4) is 0 Å². The molecule has 0 spiro atoms. The molecule has 0 aromatic heterocycles. The fourth-order valence-electron chi connectivity index (χ4n) is 1.80. The number of benzene rings is 1. The first-order valence-corrected chi connectivity index (χ1v) is 6.68. The summed E-state index contributed by atoms with van der Waals surface area (Å²) in [6.45, 7) is 7.13. The van der Waals surface area contributed by atoms with E-state index in [4.69, 9.17) is 0 Å². The summed E-state index contributed by atoms with van der Waals surface area (Å²) >= 11 is 0. The number of rotatable bonds is 4. The molecule has 0 aliphatic carbocycles. The zero-order valence-corrected chi connectivity index (χ0v) is 12.3. The summed E-state index contributed by atoms with van der Waals surface area (Å²) in [6.07, 6.45) is -2.67. The van der Waals surface area contributed by atoms with Crippen molar-refractivity contribution in [3.63, 3.8) is 0 Å². The van der Waals surface area contributed by atoms with E-state index in [0.29, 0.717) is 5.71 Å². The molecule has 1 nitrogen and oxygen atoms in total. The Bertz CT molecular complexity index is 495. The fraction of sp³-hybridized carbons (Fsp3) is 0.438. The maximum absolute atomic E-state index is 12.9. The predicted octanol–water partition coefficient (Wildman–Crippen LogP) is 5.30. The molecular weight excluding hydrogens is 263 g/mol. The number of nitrogens with zero attached hydrogens (tertiary/aromatic N) is 1. The minimum absolute atomic E-state index is 0.0324. The van der Waals surface area contributed by atoms with E-state index >= 15 is 0 Å². The second kappa shape index (κ2) is 6.73. The van der Waals surface area contributed by atoms with Crippen LogP contribution in [0.4, 0.5) is 13.2 Å². The van der Waals surface area contributed by atoms with Crippen LogP contribution in [-0.2, 0) is 0 Å². The molecule has 0 aliphatic heterocycles. The highest BCUT2D eigenvalue weighted by Crippen LogP contribution is 2.28. The van der Waals surface area contributed by atoms with Crippen LogP contribution in [0.15, 0.2) is 41.0 Å². The van der Waals surface area contributed by atoms with Crippen molar-refractivity contribution >= 4 is 5.71 Å². The van der Waals surface area contributed by atoms with Crippen molar-refractivity contribution in [3.8, 4) is 0 Å². The SMILES string of the molecule is C/C=C(\N=C(c1ccc(C)cc1)C(C)CC)C(F)(F)F. The molecule has 4 heteroatoms. The molecule has 0 heterocycles. The zero-order valence-electron chi connectivity index (χ0n) is 12.3. The monoisotopic (exact) mass is 283 g/mol. The molecule has 0 saturated heterocycles. The Kier molecular flexibility index (Phi) is 5.54. The molecule has 0 aliphatic rings. The summed E-state index contributed by atoms with van der Waals surface area (Å²) in [5, 5.41) is 0. The standard InChI is InChI=1S/C16H20F3N/c1-5-12(4)15(13-9-7-11(3)8-10-13)20-14(6-2)16(17,18)19/h6-10,12H,5H2,1-4H3/b14-6-,20-15?. The smallest absolute Gasteiger partial charge is 0.248 e. The molecule has 0 N–H and O–H groups in total. The molecule has 1 aromatic carbocycles. The van der Waals surface area contributed by atoms with Gasteiger partial charge in [0.25, 0.3) is 0 Å². The fourth-order valence-corrected chi connectivity index (χ4v) is 1.80. The van der Waals surface area contributed by atoms with Gasteiger partial charge in [0.2, 0.25) is 0 Å². The average Bonchev–Trinajstić information content (AvgIpc) is 2.39. The first-order chi connectivity index (χ1) is 9.29. The van der Waals surface area contributed by atoms with Gasteiger partial charge in [-0.2, -0.15) is 13.2 Å². The summed E-state index contributed by atoms with van der Waals surface area (Å²) in [6, 6.07) is 7.42. The lowest BCUT2D eigenvalue weighted by molar-refractivity contribution is -0.0924. The van der Waals surface area contributed by atoms with Gasteiger partial charge in [-0.05, 0) is 31.7 Å². The van der Waals surface area contributed by atoms with Gasteiger partial charge >= 0.3 is 6.18 Å². The van der Waals surface area contributed by atoms with Gasteiger partial charge < -0.3 is 0 Å². The lowest BCUT2D eigenvalue weighted by Crippen LogP contribution is -2.17. The van der Waals surface area contributed by atoms with Crippen molar-refractivity contribution in [2.24, 2.45) is 10.9 Å². The molecule has 1 unspecified atom stereocenters. The third kappa shape index (κ3) is 4.22. The van der Waals surface area contributed by atoms with Crippen LogP contribution in [0, 0.1) is 12.8 Å². The van der Waals surface area contributed by atoms with Crippen molar-refractivity contribution in [3.05, 3.63) is 47.2 Å². The summed E-state index contributed by atoms with van der Waals surface area (Å²) in [4.78, 5) is 3.89. The van der Waals surface area contributed by atoms with E-state index in [0.717, 1.165) is 23.6 Å². The average molecular weight is 283 g/mol. The maximum atomic E-state index is 12.9. The van der Waals surface area contributed by atoms with Gasteiger partial charge in [-0.25, -0.2) is 4.99 Å². The number of aliphatic imine (C=N–C) groups is 1. The third-order valence-corrected chi connectivity index (χ3v) is 3.23. The van der Waals surface area contributed by atoms with Crippen LogP contribution in [0.2, 0.25) is 0 Å². The minimum Gasteiger partial charge on any atom is -0.248 e. The van der Waals surface area contributed by atoms with Crippen LogP contribution in [0.5, 0.6) is 0 Å². The Hall–Kier alpha value is -1.58. The number of hydrogen-bond donors (Lipinski definition) is 0. The lowest BCUT2D eigenvalue weighted by atomic mass is 9.95. The number of allylic oxidation sites excluding steroid dienone is 2. The summed E-state index contributed by atoms with van der Waals surface area (Å²) in [5.41, 5.74) is 1.46. The van der Waals surface area contributed by atoms with E-state index in [-0.39, 0.29) is 5.92 Å². The highest BCUT2D eigenvalue weighted by molar-refractivity contribution is 6.02. The van der Waals surface area contributed by atoms with Crippen molar-refractivity contribution in [2.75, 3.05) is 0 Å². The van der Waals surface area contributed by atoms with Gasteiger partial charge in [-0.3, -0.25) is 0 Å². The van der Waals surface area contributed by atoms with E-state index in [9.17, 15) is 13.2 Å². The molecule has 0 radical (unpaired) electrons. The number of alkyl halides is 3. The molecule has 20 heavy (non-hydrogen) atoms. The van der Waals surface area contributed by atoms with E-state index in [2.05, 4.69) is 4.99 Å². The van der Waals surface area contributed by atoms with Crippen LogP contribution >= 0.6 is 0 Å². The van der Waals surface area contributed by atoms with Crippen LogP contribution in [0.1, 0.15) is 38.3 Å². The Balaban J connectivity index is 3.29. The highest BCUT2D eigenvalue weighted by Gasteiger charge is 2.33. The van der Waals surface area contributed by atoms with Crippen molar-refractivity contribution < 1.29 is 13.2 Å². The highest BCUT2D eigenvalue weighted by atomic mass is 19.4. The Labute approximate surface area is 118 Å². The van der Waals surface area contributed by atoms with Gasteiger partial charge in [0.15, 0.2) is 0 Å². The lowest BCUT2D eigenvalue weighted by Gasteiger charge is -2.16. The summed E-state index contributed by atoms with van der Waals surface area (Å²) in [7, 11) is 0. The minimum atomic E-state index is -4.42. The van der Waals surface area contributed by atoms with Gasteiger partial charge in [0.05, 0.1) is 5.71 Å². The molecule has 0 fully saturated rings. The van der Waals surface area contributed by atoms with Crippen LogP contribution in [0.25, 0.3) is 0 Å². The van der Waals surface area contributed by atoms with E-state index in [1.165, 1.54) is 6.92 Å². The quantitative estimate of drug-likeness (QED) is 0.665. The largest absolute Gasteiger partial charge is 0.433 e. The van der Waals surface area contributed by atoms with Gasteiger partial charge in [0, 0.05) is 0 Å². The topological polar surface area (TPSA) is 12.4 Å². The normalized spacial score (nSPS) is 15.3. The van der Waals surface area contributed by atoms with Crippen molar-refractivity contribution in [2.45, 2.75) is 40.3 Å². The van der Waals surface area contributed by atoms with Gasteiger partial charge in [0.1, 0.15) is 5.70 Å². The molecule has 0 saturated carbocycles. The third-order valence-electron chi connectivity index (χ3n) is 3.23. The number of hydrogen-bond acceptors (Lipinski definition) is 1. The second-order valence-electron chi connectivity index (χ2n) is 4.84. The van der Waals surface area contributed by atoms with E-state index < -0.39 is 11.9 Å². The van der Waals surface area contributed by atoms with Crippen molar-refractivity contribution in [1.82, 2.24) is 0 Å². The molecule has 110 valence electrons. The first-order valence-electron chi connectivity index (χ1n) is 6.68. The Morgan fingerprint density at radius 1 is 1.25 bits per heavy atom. The molecule has 0 bridgehead atoms. The summed E-state index contributed by atoms with van der Waals surface area (Å²) < 4.78 is 38.6.